The maximum absolute atomic E-state index is 13.3. The summed E-state index contributed by atoms with van der Waals surface area (Å²) in [5, 5.41) is 3.20. The molecule has 1 aromatic carbocycles. The average Bonchev–Trinajstić information content (AvgIpc) is 2.90. The topological polar surface area (TPSA) is 41.6 Å². The van der Waals surface area contributed by atoms with Crippen LogP contribution in [-0.2, 0) is 4.79 Å². The van der Waals surface area contributed by atoms with Crippen molar-refractivity contribution in [2.45, 2.75) is 12.5 Å². The van der Waals surface area contributed by atoms with Crippen LogP contribution in [0.5, 0.6) is 5.75 Å². The van der Waals surface area contributed by atoms with Gasteiger partial charge in [0.25, 0.3) is 5.91 Å². The molecule has 1 fully saturated rings. The fourth-order valence-corrected chi connectivity index (χ4v) is 1.98. The molecule has 0 spiro atoms. The standard InChI is InChI=1S/C13H17FN2O2/c1-16(10-6-7-15-8-10)13(17)9-18-12-5-3-2-4-11(12)14/h2-5,10,15H,6-9H2,1H3. The highest BCUT2D eigenvalue weighted by Crippen LogP contribution is 2.15. The van der Waals surface area contributed by atoms with Crippen molar-refractivity contribution in [3.8, 4) is 5.75 Å². The molecule has 0 aliphatic carbocycles. The normalized spacial score (nSPS) is 18.7. The van der Waals surface area contributed by atoms with Crippen LogP contribution in [0.4, 0.5) is 4.39 Å². The zero-order valence-electron chi connectivity index (χ0n) is 10.4. The number of carbonyl (C=O) groups is 1. The summed E-state index contributed by atoms with van der Waals surface area (Å²) in [5.41, 5.74) is 0. The van der Waals surface area contributed by atoms with Crippen molar-refractivity contribution in [1.29, 1.82) is 0 Å². The van der Waals surface area contributed by atoms with E-state index in [1.807, 2.05) is 0 Å². The van der Waals surface area contributed by atoms with E-state index in [0.717, 1.165) is 19.5 Å². The number of carbonyl (C=O) groups excluding carboxylic acids is 1. The van der Waals surface area contributed by atoms with Crippen LogP contribution in [0.15, 0.2) is 24.3 Å². The van der Waals surface area contributed by atoms with E-state index < -0.39 is 5.82 Å². The van der Waals surface area contributed by atoms with E-state index in [0.29, 0.717) is 0 Å². The molecule has 1 aliphatic rings. The first-order valence-corrected chi connectivity index (χ1v) is 6.02. The van der Waals surface area contributed by atoms with Crippen LogP contribution in [0, 0.1) is 5.82 Å². The monoisotopic (exact) mass is 252 g/mol. The third kappa shape index (κ3) is 2.98. The Bertz CT molecular complexity index is 419. The van der Waals surface area contributed by atoms with Crippen LogP contribution in [0.3, 0.4) is 0 Å². The summed E-state index contributed by atoms with van der Waals surface area (Å²) < 4.78 is 18.5. The van der Waals surface area contributed by atoms with Gasteiger partial charge in [0, 0.05) is 19.6 Å². The Kier molecular flexibility index (Phi) is 4.15. The van der Waals surface area contributed by atoms with E-state index in [9.17, 15) is 9.18 Å². The molecule has 1 aromatic rings. The molecule has 1 heterocycles. The minimum absolute atomic E-state index is 0.115. The molecule has 1 aliphatic heterocycles. The Hall–Kier alpha value is -1.62. The van der Waals surface area contributed by atoms with Gasteiger partial charge in [0.1, 0.15) is 0 Å². The SMILES string of the molecule is CN(C(=O)COc1ccccc1F)C1CCNC1. The smallest absolute Gasteiger partial charge is 0.260 e. The number of nitrogens with zero attached hydrogens (tertiary/aromatic N) is 1. The van der Waals surface area contributed by atoms with Gasteiger partial charge in [0.05, 0.1) is 0 Å². The van der Waals surface area contributed by atoms with Crippen molar-refractivity contribution in [2.75, 3.05) is 26.7 Å². The third-order valence-electron chi connectivity index (χ3n) is 3.16. The Balaban J connectivity index is 1.86. The number of rotatable bonds is 4. The van der Waals surface area contributed by atoms with Gasteiger partial charge in [0.2, 0.25) is 0 Å². The van der Waals surface area contributed by atoms with Crippen molar-refractivity contribution >= 4 is 5.91 Å². The molecule has 1 unspecified atom stereocenters. The minimum Gasteiger partial charge on any atom is -0.481 e. The lowest BCUT2D eigenvalue weighted by atomic mass is 10.2. The van der Waals surface area contributed by atoms with E-state index in [1.165, 1.54) is 12.1 Å². The Labute approximate surface area is 106 Å². The number of halogens is 1. The second-order valence-electron chi connectivity index (χ2n) is 4.37. The second kappa shape index (κ2) is 5.82. The lowest BCUT2D eigenvalue weighted by Gasteiger charge is -2.23. The number of likely N-dealkylation sites (N-methyl/N-ethyl adjacent to an activating group) is 1. The first kappa shape index (κ1) is 12.8. The van der Waals surface area contributed by atoms with Gasteiger partial charge in [-0.1, -0.05) is 12.1 Å². The minimum atomic E-state index is -0.449. The molecular formula is C13H17FN2O2. The lowest BCUT2D eigenvalue weighted by molar-refractivity contribution is -0.133. The highest BCUT2D eigenvalue weighted by atomic mass is 19.1. The molecule has 2 rings (SSSR count). The summed E-state index contributed by atoms with van der Waals surface area (Å²) in [6.45, 7) is 1.60. The fraction of sp³-hybridized carbons (Fsp3) is 0.462. The van der Waals surface area contributed by atoms with Gasteiger partial charge in [-0.05, 0) is 25.1 Å². The summed E-state index contributed by atoms with van der Waals surface area (Å²) in [7, 11) is 1.75. The second-order valence-corrected chi connectivity index (χ2v) is 4.37. The van der Waals surface area contributed by atoms with Gasteiger partial charge >= 0.3 is 0 Å². The van der Waals surface area contributed by atoms with Gasteiger partial charge in [-0.25, -0.2) is 4.39 Å². The Morgan fingerprint density at radius 1 is 1.56 bits per heavy atom. The summed E-state index contributed by atoms with van der Waals surface area (Å²) in [6.07, 6.45) is 0.946. The Morgan fingerprint density at radius 3 is 3.00 bits per heavy atom. The van der Waals surface area contributed by atoms with Crippen LogP contribution in [0.25, 0.3) is 0 Å². The van der Waals surface area contributed by atoms with Crippen molar-refractivity contribution < 1.29 is 13.9 Å². The highest BCUT2D eigenvalue weighted by molar-refractivity contribution is 5.77. The van der Waals surface area contributed by atoms with Crippen LogP contribution < -0.4 is 10.1 Å². The van der Waals surface area contributed by atoms with Gasteiger partial charge in [-0.3, -0.25) is 4.79 Å². The van der Waals surface area contributed by atoms with Crippen molar-refractivity contribution in [3.05, 3.63) is 30.1 Å². The molecule has 0 radical (unpaired) electrons. The number of hydrogen-bond donors (Lipinski definition) is 1. The molecule has 1 amide bonds. The number of nitrogens with one attached hydrogen (secondary N) is 1. The maximum atomic E-state index is 13.3. The average molecular weight is 252 g/mol. The molecule has 0 aromatic heterocycles. The van der Waals surface area contributed by atoms with Crippen LogP contribution in [0.1, 0.15) is 6.42 Å². The summed E-state index contributed by atoms with van der Waals surface area (Å²) >= 11 is 0. The van der Waals surface area contributed by atoms with E-state index in [1.54, 1.807) is 24.1 Å². The zero-order valence-corrected chi connectivity index (χ0v) is 10.4. The summed E-state index contributed by atoms with van der Waals surface area (Å²) in [4.78, 5) is 13.5. The first-order chi connectivity index (χ1) is 8.68. The number of hydrogen-bond acceptors (Lipinski definition) is 3. The molecule has 0 saturated carbocycles. The van der Waals surface area contributed by atoms with Crippen LogP contribution >= 0.6 is 0 Å². The largest absolute Gasteiger partial charge is 0.481 e. The number of ether oxygens (including phenoxy) is 1. The van der Waals surface area contributed by atoms with Gasteiger partial charge in [-0.15, -0.1) is 0 Å². The quantitative estimate of drug-likeness (QED) is 0.870. The van der Waals surface area contributed by atoms with Gasteiger partial charge < -0.3 is 15.0 Å². The summed E-state index contributed by atoms with van der Waals surface area (Å²) in [6, 6.07) is 6.29. The van der Waals surface area contributed by atoms with E-state index in [-0.39, 0.29) is 24.3 Å². The van der Waals surface area contributed by atoms with Gasteiger partial charge in [-0.2, -0.15) is 0 Å². The van der Waals surface area contributed by atoms with E-state index >= 15 is 0 Å². The maximum Gasteiger partial charge on any atom is 0.260 e. The van der Waals surface area contributed by atoms with Crippen LogP contribution in [-0.4, -0.2) is 43.6 Å². The Morgan fingerprint density at radius 2 is 2.33 bits per heavy atom. The van der Waals surface area contributed by atoms with E-state index in [2.05, 4.69) is 5.32 Å². The molecule has 5 heteroatoms. The lowest BCUT2D eigenvalue weighted by Crippen LogP contribution is -2.40. The number of para-hydroxylation sites is 1. The molecule has 0 bridgehead atoms. The number of amides is 1. The zero-order chi connectivity index (χ0) is 13.0. The van der Waals surface area contributed by atoms with Crippen LogP contribution in [0.2, 0.25) is 0 Å². The van der Waals surface area contributed by atoms with Crippen molar-refractivity contribution in [1.82, 2.24) is 10.2 Å². The molecule has 18 heavy (non-hydrogen) atoms. The predicted octanol–water partition coefficient (Wildman–Crippen LogP) is 1.02. The molecule has 4 nitrogen and oxygen atoms in total. The highest BCUT2D eigenvalue weighted by Gasteiger charge is 2.23. The summed E-state index contributed by atoms with van der Waals surface area (Å²) in [5.74, 6) is -0.466. The molecule has 1 saturated heterocycles. The molecule has 1 N–H and O–H groups in total. The first-order valence-electron chi connectivity index (χ1n) is 6.02. The number of benzene rings is 1. The fourth-order valence-electron chi connectivity index (χ4n) is 1.98. The van der Waals surface area contributed by atoms with Gasteiger partial charge in [0.15, 0.2) is 18.2 Å². The van der Waals surface area contributed by atoms with Crippen molar-refractivity contribution in [2.24, 2.45) is 0 Å². The van der Waals surface area contributed by atoms with E-state index in [4.69, 9.17) is 4.74 Å². The molecular weight excluding hydrogens is 235 g/mol. The van der Waals surface area contributed by atoms with Crippen molar-refractivity contribution in [3.63, 3.8) is 0 Å². The predicted molar refractivity (Wildman–Crippen MR) is 65.9 cm³/mol. The molecule has 1 atom stereocenters. The molecule has 98 valence electrons. The third-order valence-corrected chi connectivity index (χ3v) is 3.16.